The number of hydrogen-bond donors (Lipinski definition) is 2. The zero-order valence-corrected chi connectivity index (χ0v) is 14.0. The van der Waals surface area contributed by atoms with E-state index in [1.54, 1.807) is 7.05 Å². The van der Waals surface area contributed by atoms with E-state index in [2.05, 4.69) is 24.1 Å². The number of carbonyl (C=O) groups is 1. The summed E-state index contributed by atoms with van der Waals surface area (Å²) in [6.45, 7) is 8.11. The second-order valence-corrected chi connectivity index (χ2v) is 7.41. The second kappa shape index (κ2) is 6.66. The molecular formula is C17H32N2O2. The molecule has 1 aliphatic heterocycles. The summed E-state index contributed by atoms with van der Waals surface area (Å²) < 4.78 is 0. The largest absolute Gasteiger partial charge is 0.480 e. The average molecular weight is 296 g/mol. The Kier molecular flexibility index (Phi) is 5.31. The standard InChI is InChI=1S/C17H32N2O2/c1-4-16(2)9-12-19(13-10-16)11-7-14-6-5-8-17(14,18-3)15(20)21/h14,18H,4-13H2,1-3H3,(H,20,21). The maximum absolute atomic E-state index is 11.7. The number of carboxylic acid groups (broad SMARTS) is 1. The van der Waals surface area contributed by atoms with Crippen LogP contribution in [-0.4, -0.2) is 48.2 Å². The highest BCUT2D eigenvalue weighted by atomic mass is 16.4. The Morgan fingerprint density at radius 1 is 1.33 bits per heavy atom. The minimum absolute atomic E-state index is 0.277. The number of nitrogens with zero attached hydrogens (tertiary/aromatic N) is 1. The van der Waals surface area contributed by atoms with Gasteiger partial charge in [-0.2, -0.15) is 0 Å². The molecule has 0 spiro atoms. The summed E-state index contributed by atoms with van der Waals surface area (Å²) in [5, 5.41) is 12.7. The third-order valence-corrected chi connectivity index (χ3v) is 6.36. The minimum atomic E-state index is -0.673. The molecule has 21 heavy (non-hydrogen) atoms. The van der Waals surface area contributed by atoms with E-state index in [9.17, 15) is 9.90 Å². The van der Waals surface area contributed by atoms with Crippen LogP contribution >= 0.6 is 0 Å². The van der Waals surface area contributed by atoms with Gasteiger partial charge in [-0.15, -0.1) is 0 Å². The van der Waals surface area contributed by atoms with Crippen LogP contribution in [-0.2, 0) is 4.79 Å². The van der Waals surface area contributed by atoms with Crippen molar-refractivity contribution in [3.63, 3.8) is 0 Å². The fraction of sp³-hybridized carbons (Fsp3) is 0.941. The topological polar surface area (TPSA) is 52.6 Å². The molecular weight excluding hydrogens is 264 g/mol. The lowest BCUT2D eigenvalue weighted by molar-refractivity contribution is -0.146. The molecule has 2 rings (SSSR count). The molecule has 0 aromatic heterocycles. The third kappa shape index (κ3) is 3.42. The van der Waals surface area contributed by atoms with Gasteiger partial charge in [-0.1, -0.05) is 26.7 Å². The van der Waals surface area contributed by atoms with Crippen molar-refractivity contribution in [3.8, 4) is 0 Å². The van der Waals surface area contributed by atoms with Gasteiger partial charge in [0.15, 0.2) is 0 Å². The van der Waals surface area contributed by atoms with Gasteiger partial charge in [0.25, 0.3) is 0 Å². The van der Waals surface area contributed by atoms with Crippen LogP contribution in [0, 0.1) is 11.3 Å². The van der Waals surface area contributed by atoms with Crippen LogP contribution in [0.2, 0.25) is 0 Å². The number of carboxylic acids is 1. The third-order valence-electron chi connectivity index (χ3n) is 6.36. The summed E-state index contributed by atoms with van der Waals surface area (Å²) in [5.41, 5.74) is -0.145. The van der Waals surface area contributed by atoms with Gasteiger partial charge in [0.1, 0.15) is 5.54 Å². The lowest BCUT2D eigenvalue weighted by Crippen LogP contribution is -2.53. The first-order valence-corrected chi connectivity index (χ1v) is 8.60. The average Bonchev–Trinajstić information content (AvgIpc) is 2.91. The highest BCUT2D eigenvalue weighted by molar-refractivity contribution is 5.79. The highest BCUT2D eigenvalue weighted by Gasteiger charge is 2.47. The van der Waals surface area contributed by atoms with Crippen molar-refractivity contribution in [3.05, 3.63) is 0 Å². The molecule has 2 atom stereocenters. The zero-order chi connectivity index (χ0) is 15.5. The molecule has 1 saturated carbocycles. The molecule has 0 aromatic carbocycles. The molecule has 0 amide bonds. The molecule has 1 aliphatic carbocycles. The predicted molar refractivity (Wildman–Crippen MR) is 85.5 cm³/mol. The van der Waals surface area contributed by atoms with Crippen molar-refractivity contribution in [1.29, 1.82) is 0 Å². The lowest BCUT2D eigenvalue weighted by Gasteiger charge is -2.40. The quantitative estimate of drug-likeness (QED) is 0.791. The van der Waals surface area contributed by atoms with Crippen molar-refractivity contribution in [2.75, 3.05) is 26.7 Å². The Labute approximate surface area is 129 Å². The van der Waals surface area contributed by atoms with Gasteiger partial charge < -0.3 is 15.3 Å². The Hall–Kier alpha value is -0.610. The molecule has 4 heteroatoms. The molecule has 2 unspecified atom stereocenters. The fourth-order valence-electron chi connectivity index (χ4n) is 4.19. The molecule has 0 aromatic rings. The first-order valence-electron chi connectivity index (χ1n) is 8.60. The van der Waals surface area contributed by atoms with Gasteiger partial charge in [-0.05, 0) is 70.1 Å². The van der Waals surface area contributed by atoms with Gasteiger partial charge in [0, 0.05) is 0 Å². The summed E-state index contributed by atoms with van der Waals surface area (Å²) in [6, 6.07) is 0. The lowest BCUT2D eigenvalue weighted by atomic mass is 9.78. The van der Waals surface area contributed by atoms with Crippen LogP contribution < -0.4 is 5.32 Å². The molecule has 1 saturated heterocycles. The minimum Gasteiger partial charge on any atom is -0.480 e. The Morgan fingerprint density at radius 2 is 2.00 bits per heavy atom. The Morgan fingerprint density at radius 3 is 2.52 bits per heavy atom. The summed E-state index contributed by atoms with van der Waals surface area (Å²) >= 11 is 0. The van der Waals surface area contributed by atoms with Crippen molar-refractivity contribution in [2.24, 2.45) is 11.3 Å². The number of hydrogen-bond acceptors (Lipinski definition) is 3. The molecule has 0 radical (unpaired) electrons. The van der Waals surface area contributed by atoms with Gasteiger partial charge in [-0.25, -0.2) is 0 Å². The van der Waals surface area contributed by atoms with Crippen molar-refractivity contribution in [2.45, 2.75) is 64.3 Å². The van der Waals surface area contributed by atoms with Crippen LogP contribution in [0.4, 0.5) is 0 Å². The Balaban J connectivity index is 1.85. The first-order chi connectivity index (χ1) is 9.96. The summed E-state index contributed by atoms with van der Waals surface area (Å²) in [7, 11) is 1.81. The normalized spacial score (nSPS) is 33.2. The van der Waals surface area contributed by atoms with E-state index in [0.29, 0.717) is 5.41 Å². The number of piperidine rings is 1. The van der Waals surface area contributed by atoms with Gasteiger partial charge in [0.05, 0.1) is 0 Å². The van der Waals surface area contributed by atoms with Gasteiger partial charge >= 0.3 is 5.97 Å². The predicted octanol–water partition coefficient (Wildman–Crippen LogP) is 2.73. The highest BCUT2D eigenvalue weighted by Crippen LogP contribution is 2.39. The van der Waals surface area contributed by atoms with Crippen molar-refractivity contribution >= 4 is 5.97 Å². The van der Waals surface area contributed by atoms with E-state index < -0.39 is 11.5 Å². The van der Waals surface area contributed by atoms with Crippen LogP contribution in [0.25, 0.3) is 0 Å². The van der Waals surface area contributed by atoms with E-state index in [1.807, 2.05) is 0 Å². The molecule has 1 heterocycles. The van der Waals surface area contributed by atoms with Crippen LogP contribution in [0.1, 0.15) is 58.8 Å². The fourth-order valence-corrected chi connectivity index (χ4v) is 4.19. The Bertz CT molecular complexity index is 364. The summed E-state index contributed by atoms with van der Waals surface area (Å²) in [6.07, 6.45) is 7.70. The molecule has 2 N–H and O–H groups in total. The van der Waals surface area contributed by atoms with E-state index in [4.69, 9.17) is 0 Å². The van der Waals surface area contributed by atoms with Crippen LogP contribution in [0.5, 0.6) is 0 Å². The summed E-state index contributed by atoms with van der Waals surface area (Å²) in [5.74, 6) is -0.385. The number of rotatable bonds is 6. The van der Waals surface area contributed by atoms with Crippen molar-refractivity contribution < 1.29 is 9.90 Å². The van der Waals surface area contributed by atoms with Crippen molar-refractivity contribution in [1.82, 2.24) is 10.2 Å². The van der Waals surface area contributed by atoms with Gasteiger partial charge in [-0.3, -0.25) is 4.79 Å². The second-order valence-electron chi connectivity index (χ2n) is 7.41. The van der Waals surface area contributed by atoms with E-state index >= 15 is 0 Å². The number of likely N-dealkylation sites (tertiary alicyclic amines) is 1. The maximum Gasteiger partial charge on any atom is 0.324 e. The SMILES string of the molecule is CCC1(C)CCN(CCC2CCCC2(NC)C(=O)O)CC1. The zero-order valence-electron chi connectivity index (χ0n) is 14.0. The first kappa shape index (κ1) is 16.8. The number of nitrogens with one attached hydrogen (secondary N) is 1. The van der Waals surface area contributed by atoms with E-state index in [0.717, 1.165) is 32.2 Å². The van der Waals surface area contributed by atoms with Gasteiger partial charge in [0.2, 0.25) is 0 Å². The monoisotopic (exact) mass is 296 g/mol. The van der Waals surface area contributed by atoms with E-state index in [1.165, 1.54) is 32.4 Å². The van der Waals surface area contributed by atoms with Crippen LogP contribution in [0.15, 0.2) is 0 Å². The summed E-state index contributed by atoms with van der Waals surface area (Å²) in [4.78, 5) is 14.2. The molecule has 2 aliphatic rings. The number of aliphatic carboxylic acids is 1. The maximum atomic E-state index is 11.7. The molecule has 0 bridgehead atoms. The molecule has 122 valence electrons. The molecule has 4 nitrogen and oxygen atoms in total. The molecule has 2 fully saturated rings. The van der Waals surface area contributed by atoms with E-state index in [-0.39, 0.29) is 5.92 Å². The van der Waals surface area contributed by atoms with Crippen LogP contribution in [0.3, 0.4) is 0 Å². The smallest absolute Gasteiger partial charge is 0.324 e. The number of likely N-dealkylation sites (N-methyl/N-ethyl adjacent to an activating group) is 1.